The summed E-state index contributed by atoms with van der Waals surface area (Å²) in [4.78, 5) is 0. The lowest BCUT2D eigenvalue weighted by atomic mass is 10.1. The van der Waals surface area contributed by atoms with E-state index in [-0.39, 0.29) is 6.10 Å². The number of benzene rings is 1. The van der Waals surface area contributed by atoms with Gasteiger partial charge in [0.2, 0.25) is 8.32 Å². The molecule has 2 heteroatoms. The van der Waals surface area contributed by atoms with Crippen LogP contribution in [0.1, 0.15) is 24.5 Å². The van der Waals surface area contributed by atoms with Gasteiger partial charge in [0.1, 0.15) is 0 Å². The Kier molecular flexibility index (Phi) is 5.39. The predicted molar refractivity (Wildman–Crippen MR) is 77.4 cm³/mol. The fourth-order valence-electron chi connectivity index (χ4n) is 1.65. The Labute approximate surface area is 106 Å². The van der Waals surface area contributed by atoms with Crippen molar-refractivity contribution in [3.05, 3.63) is 60.8 Å². The Morgan fingerprint density at radius 2 is 1.88 bits per heavy atom. The van der Waals surface area contributed by atoms with Gasteiger partial charge in [-0.15, -0.1) is 13.2 Å². The van der Waals surface area contributed by atoms with Crippen LogP contribution in [0.5, 0.6) is 0 Å². The van der Waals surface area contributed by atoms with Crippen molar-refractivity contribution in [2.75, 3.05) is 0 Å². The Morgan fingerprint density at radius 1 is 1.24 bits per heavy atom. The first-order chi connectivity index (χ1) is 8.09. The lowest BCUT2D eigenvalue weighted by Gasteiger charge is -2.27. The minimum atomic E-state index is -1.74. The zero-order valence-electron chi connectivity index (χ0n) is 10.9. The molecule has 0 aliphatic rings. The zero-order valence-corrected chi connectivity index (χ0v) is 11.9. The summed E-state index contributed by atoms with van der Waals surface area (Å²) >= 11 is 0. The summed E-state index contributed by atoms with van der Waals surface area (Å²) in [6, 6.07) is 10.4. The van der Waals surface area contributed by atoms with E-state index in [1.807, 2.05) is 17.8 Å². The minimum Gasteiger partial charge on any atom is -0.407 e. The summed E-state index contributed by atoms with van der Waals surface area (Å²) in [6.07, 6.45) is 4.06. The summed E-state index contributed by atoms with van der Waals surface area (Å²) in [5.74, 6) is 0. The molecule has 0 fully saturated rings. The van der Waals surface area contributed by atoms with Crippen molar-refractivity contribution in [3.8, 4) is 0 Å². The topological polar surface area (TPSA) is 9.23 Å². The highest BCUT2D eigenvalue weighted by molar-refractivity contribution is 6.76. The minimum absolute atomic E-state index is 0.161. The molecule has 1 rings (SSSR count). The number of hydrogen-bond donors (Lipinski definition) is 0. The van der Waals surface area contributed by atoms with Crippen LogP contribution in [-0.4, -0.2) is 8.32 Å². The van der Waals surface area contributed by atoms with E-state index in [0.29, 0.717) is 0 Å². The molecule has 0 aliphatic carbocycles. The first kappa shape index (κ1) is 13.9. The zero-order chi connectivity index (χ0) is 12.7. The van der Waals surface area contributed by atoms with Crippen LogP contribution in [0.15, 0.2) is 55.3 Å². The molecule has 0 heterocycles. The van der Waals surface area contributed by atoms with E-state index in [1.54, 1.807) is 0 Å². The lowest BCUT2D eigenvalue weighted by molar-refractivity contribution is 0.191. The van der Waals surface area contributed by atoms with Crippen molar-refractivity contribution in [1.29, 1.82) is 0 Å². The highest BCUT2D eigenvalue weighted by atomic mass is 28.4. The molecule has 0 spiro atoms. The molecule has 0 radical (unpaired) electrons. The summed E-state index contributed by atoms with van der Waals surface area (Å²) < 4.78 is 6.25. The third kappa shape index (κ3) is 4.71. The second-order valence-corrected chi connectivity index (χ2v) is 8.54. The third-order valence-electron chi connectivity index (χ3n) is 2.74. The molecule has 1 aromatic rings. The molecule has 92 valence electrons. The average molecular weight is 246 g/mol. The van der Waals surface area contributed by atoms with Gasteiger partial charge in [-0.05, 0) is 31.5 Å². The molecule has 1 unspecified atom stereocenters. The Morgan fingerprint density at radius 3 is 2.41 bits per heavy atom. The highest BCUT2D eigenvalue weighted by Gasteiger charge is 2.23. The van der Waals surface area contributed by atoms with Gasteiger partial charge in [-0.25, -0.2) is 0 Å². The molecule has 0 N–H and O–H groups in total. The van der Waals surface area contributed by atoms with E-state index in [4.69, 9.17) is 4.43 Å². The van der Waals surface area contributed by atoms with Crippen LogP contribution in [-0.2, 0) is 4.43 Å². The standard InChI is InChI=1S/C15H22OSi/c1-5-7-13-15(16-17(3,4)6-2)14-11-9-8-10-12-14/h5-6,8-12,15H,1-2,7,13H2,3-4H3. The first-order valence-corrected chi connectivity index (χ1v) is 9.05. The second kappa shape index (κ2) is 6.57. The molecule has 0 saturated heterocycles. The average Bonchev–Trinajstić information content (AvgIpc) is 2.35. The van der Waals surface area contributed by atoms with E-state index in [1.165, 1.54) is 5.56 Å². The van der Waals surface area contributed by atoms with Crippen molar-refractivity contribution in [3.63, 3.8) is 0 Å². The maximum atomic E-state index is 6.25. The largest absolute Gasteiger partial charge is 0.407 e. The number of allylic oxidation sites excluding steroid dienone is 1. The summed E-state index contributed by atoms with van der Waals surface area (Å²) in [7, 11) is -1.74. The van der Waals surface area contributed by atoms with Gasteiger partial charge in [-0.1, -0.05) is 42.1 Å². The van der Waals surface area contributed by atoms with Gasteiger partial charge >= 0.3 is 0 Å². The second-order valence-electron chi connectivity index (χ2n) is 4.69. The Balaban J connectivity index is 2.81. The van der Waals surface area contributed by atoms with Crippen molar-refractivity contribution in [1.82, 2.24) is 0 Å². The first-order valence-electron chi connectivity index (χ1n) is 6.06. The van der Waals surface area contributed by atoms with Gasteiger partial charge in [-0.3, -0.25) is 0 Å². The van der Waals surface area contributed by atoms with Crippen molar-refractivity contribution in [2.24, 2.45) is 0 Å². The van der Waals surface area contributed by atoms with Crippen LogP contribution in [0.25, 0.3) is 0 Å². The molecule has 0 bridgehead atoms. The molecule has 1 nitrogen and oxygen atoms in total. The van der Waals surface area contributed by atoms with Gasteiger partial charge < -0.3 is 4.43 Å². The van der Waals surface area contributed by atoms with Crippen molar-refractivity contribution < 1.29 is 4.43 Å². The normalized spacial score (nSPS) is 13.1. The maximum Gasteiger partial charge on any atom is 0.211 e. The van der Waals surface area contributed by atoms with Gasteiger partial charge in [0, 0.05) is 0 Å². The van der Waals surface area contributed by atoms with Crippen LogP contribution in [0, 0.1) is 0 Å². The van der Waals surface area contributed by atoms with Gasteiger partial charge in [0.05, 0.1) is 6.10 Å². The summed E-state index contributed by atoms with van der Waals surface area (Å²) in [5.41, 5.74) is 3.23. The monoisotopic (exact) mass is 246 g/mol. The summed E-state index contributed by atoms with van der Waals surface area (Å²) in [5, 5.41) is 0. The van der Waals surface area contributed by atoms with Crippen LogP contribution < -0.4 is 0 Å². The van der Waals surface area contributed by atoms with Crippen molar-refractivity contribution in [2.45, 2.75) is 32.0 Å². The van der Waals surface area contributed by atoms with Gasteiger partial charge in [-0.2, -0.15) is 0 Å². The van der Waals surface area contributed by atoms with Gasteiger partial charge in [0.25, 0.3) is 0 Å². The lowest BCUT2D eigenvalue weighted by Crippen LogP contribution is -2.29. The Hall–Kier alpha value is -1.12. The van der Waals surface area contributed by atoms with Crippen LogP contribution in [0.3, 0.4) is 0 Å². The fourth-order valence-corrected chi connectivity index (χ4v) is 2.73. The number of rotatable bonds is 7. The van der Waals surface area contributed by atoms with E-state index >= 15 is 0 Å². The van der Waals surface area contributed by atoms with E-state index < -0.39 is 8.32 Å². The predicted octanol–water partition coefficient (Wildman–Crippen LogP) is 4.64. The number of hydrogen-bond acceptors (Lipinski definition) is 1. The smallest absolute Gasteiger partial charge is 0.211 e. The molecular weight excluding hydrogens is 224 g/mol. The quantitative estimate of drug-likeness (QED) is 0.503. The van der Waals surface area contributed by atoms with E-state index in [9.17, 15) is 0 Å². The molecular formula is C15H22OSi. The Bertz CT molecular complexity index is 356. The molecule has 1 aromatic carbocycles. The van der Waals surface area contributed by atoms with Crippen LogP contribution >= 0.6 is 0 Å². The van der Waals surface area contributed by atoms with Gasteiger partial charge in [0.15, 0.2) is 0 Å². The summed E-state index contributed by atoms with van der Waals surface area (Å²) in [6.45, 7) is 12.0. The van der Waals surface area contributed by atoms with Crippen LogP contribution in [0.2, 0.25) is 13.1 Å². The fraction of sp³-hybridized carbons (Fsp3) is 0.333. The third-order valence-corrected chi connectivity index (χ3v) is 4.62. The molecule has 0 amide bonds. The SMILES string of the molecule is C=CCCC(O[Si](C)(C)C=C)c1ccccc1. The van der Waals surface area contributed by atoms with Crippen molar-refractivity contribution >= 4 is 8.32 Å². The van der Waals surface area contributed by atoms with E-state index in [2.05, 4.69) is 50.5 Å². The van der Waals surface area contributed by atoms with Crippen LogP contribution in [0.4, 0.5) is 0 Å². The molecule has 17 heavy (non-hydrogen) atoms. The van der Waals surface area contributed by atoms with E-state index in [0.717, 1.165) is 12.8 Å². The molecule has 0 aliphatic heterocycles. The molecule has 0 aromatic heterocycles. The molecule has 1 atom stereocenters. The molecule has 0 saturated carbocycles. The highest BCUT2D eigenvalue weighted by Crippen LogP contribution is 2.27. The maximum absolute atomic E-state index is 6.25.